The second-order valence-electron chi connectivity index (χ2n) is 10.8. The Morgan fingerprint density at radius 2 is 1.56 bits per heavy atom. The lowest BCUT2D eigenvalue weighted by atomic mass is 10.1. The molecule has 3 aromatic carbocycles. The summed E-state index contributed by atoms with van der Waals surface area (Å²) in [5.74, 6) is 0.604. The molecule has 0 aromatic heterocycles. The number of carbonyl (C=O) groups excluding carboxylic acids is 2. The highest BCUT2D eigenvalue weighted by Crippen LogP contribution is 2.33. The summed E-state index contributed by atoms with van der Waals surface area (Å²) < 4.78 is 45.8. The highest BCUT2D eigenvalue weighted by Gasteiger charge is 2.34. The quantitative estimate of drug-likeness (QED) is 0.223. The number of nitrogens with zero attached hydrogens (tertiary/aromatic N) is 2. The fourth-order valence-corrected chi connectivity index (χ4v) is 6.26. The van der Waals surface area contributed by atoms with Crippen LogP contribution in [0, 0.1) is 5.92 Å². The first-order valence-electron chi connectivity index (χ1n) is 15.1. The molecule has 1 N–H and O–H groups in total. The van der Waals surface area contributed by atoms with Crippen molar-refractivity contribution in [2.24, 2.45) is 5.92 Å². The van der Waals surface area contributed by atoms with Gasteiger partial charge in [-0.2, -0.15) is 0 Å². The summed E-state index contributed by atoms with van der Waals surface area (Å²) in [6, 6.07) is 19.6. The van der Waals surface area contributed by atoms with Crippen molar-refractivity contribution in [3.8, 4) is 17.2 Å². The lowest BCUT2D eigenvalue weighted by Crippen LogP contribution is -2.53. The maximum atomic E-state index is 14.2. The Hall–Kier alpha value is -4.25. The summed E-state index contributed by atoms with van der Waals surface area (Å²) in [5, 5.41) is 2.95. The van der Waals surface area contributed by atoms with Gasteiger partial charge in [-0.3, -0.25) is 13.9 Å². The van der Waals surface area contributed by atoms with Gasteiger partial charge in [0, 0.05) is 19.2 Å². The highest BCUT2D eigenvalue weighted by atomic mass is 32.2. The van der Waals surface area contributed by atoms with E-state index >= 15 is 0 Å². The Kier molecular flexibility index (Phi) is 13.1. The molecular formula is C34H45N3O7S. The van der Waals surface area contributed by atoms with Gasteiger partial charge in [-0.05, 0) is 67.6 Å². The van der Waals surface area contributed by atoms with Crippen LogP contribution >= 0.6 is 0 Å². The van der Waals surface area contributed by atoms with Gasteiger partial charge in [0.05, 0.1) is 31.4 Å². The van der Waals surface area contributed by atoms with Crippen LogP contribution in [0.2, 0.25) is 0 Å². The molecule has 2 amide bonds. The number of benzene rings is 3. The fourth-order valence-electron chi connectivity index (χ4n) is 4.83. The van der Waals surface area contributed by atoms with Crippen LogP contribution in [0.1, 0.15) is 39.7 Å². The van der Waals surface area contributed by atoms with Gasteiger partial charge >= 0.3 is 0 Å². The number of nitrogens with one attached hydrogen (secondary N) is 1. The Balaban J connectivity index is 2.05. The number of hydrogen-bond acceptors (Lipinski definition) is 7. The van der Waals surface area contributed by atoms with Crippen LogP contribution in [0.25, 0.3) is 0 Å². The van der Waals surface area contributed by atoms with E-state index in [2.05, 4.69) is 5.32 Å². The number of sulfonamides is 1. The lowest BCUT2D eigenvalue weighted by Gasteiger charge is -2.33. The van der Waals surface area contributed by atoms with E-state index in [1.54, 1.807) is 24.3 Å². The summed E-state index contributed by atoms with van der Waals surface area (Å²) >= 11 is 0. The van der Waals surface area contributed by atoms with Crippen LogP contribution in [-0.4, -0.2) is 71.6 Å². The molecule has 0 spiro atoms. The number of carbonyl (C=O) groups is 2. The van der Waals surface area contributed by atoms with Crippen molar-refractivity contribution in [3.63, 3.8) is 0 Å². The third-order valence-corrected chi connectivity index (χ3v) is 8.98. The molecule has 3 rings (SSSR count). The maximum Gasteiger partial charge on any atom is 0.264 e. The molecule has 1 atom stereocenters. The minimum Gasteiger partial charge on any atom is -0.494 e. The second kappa shape index (κ2) is 16.7. The van der Waals surface area contributed by atoms with Crippen LogP contribution in [0.3, 0.4) is 0 Å². The molecule has 3 aromatic rings. The van der Waals surface area contributed by atoms with E-state index in [1.165, 1.54) is 37.3 Å². The van der Waals surface area contributed by atoms with Crippen molar-refractivity contribution >= 4 is 27.5 Å². The Labute approximate surface area is 267 Å². The molecule has 0 unspecified atom stereocenters. The first-order chi connectivity index (χ1) is 21.5. The van der Waals surface area contributed by atoms with E-state index in [0.717, 1.165) is 9.87 Å². The van der Waals surface area contributed by atoms with Crippen LogP contribution in [0.5, 0.6) is 17.2 Å². The van der Waals surface area contributed by atoms with Gasteiger partial charge in [-0.1, -0.05) is 51.1 Å². The van der Waals surface area contributed by atoms with Crippen molar-refractivity contribution in [2.75, 3.05) is 44.8 Å². The predicted octanol–water partition coefficient (Wildman–Crippen LogP) is 4.92. The number of anilines is 1. The zero-order valence-corrected chi connectivity index (χ0v) is 27.8. The summed E-state index contributed by atoms with van der Waals surface area (Å²) in [4.78, 5) is 29.0. The maximum absolute atomic E-state index is 14.2. The average molecular weight is 640 g/mol. The van der Waals surface area contributed by atoms with Gasteiger partial charge in [0.15, 0.2) is 11.5 Å². The van der Waals surface area contributed by atoms with Crippen molar-refractivity contribution in [1.29, 1.82) is 0 Å². The van der Waals surface area contributed by atoms with E-state index in [-0.39, 0.29) is 34.7 Å². The van der Waals surface area contributed by atoms with E-state index in [9.17, 15) is 18.0 Å². The Morgan fingerprint density at radius 1 is 0.889 bits per heavy atom. The topological polar surface area (TPSA) is 114 Å². The molecule has 0 heterocycles. The standard InChI is InChI=1S/C34H45N3O7S/c1-7-30(34(39)35-23-25(3)4)36(21-20-26-12-10-9-11-13-26)33(38)24-37(27-14-16-28(17-15-27)44-8-2)45(40,41)29-18-19-31(42-5)32(22-29)43-6/h9-19,22,25,30H,7-8,20-21,23-24H2,1-6H3,(H,35,39)/t30-/m0/s1. The number of amides is 2. The summed E-state index contributed by atoms with van der Waals surface area (Å²) in [5.41, 5.74) is 1.26. The zero-order valence-electron chi connectivity index (χ0n) is 27.0. The first kappa shape index (κ1) is 35.2. The summed E-state index contributed by atoms with van der Waals surface area (Å²) in [6.45, 7) is 8.28. The number of ether oxygens (including phenoxy) is 3. The van der Waals surface area contributed by atoms with Crippen molar-refractivity contribution in [3.05, 3.63) is 78.4 Å². The Morgan fingerprint density at radius 3 is 2.13 bits per heavy atom. The van der Waals surface area contributed by atoms with E-state index < -0.39 is 28.5 Å². The average Bonchev–Trinajstić information content (AvgIpc) is 3.04. The predicted molar refractivity (Wildman–Crippen MR) is 175 cm³/mol. The number of methoxy groups -OCH3 is 2. The van der Waals surface area contributed by atoms with Gasteiger partial charge in [-0.15, -0.1) is 0 Å². The molecule has 0 aliphatic rings. The molecule has 11 heteroatoms. The third-order valence-electron chi connectivity index (χ3n) is 7.21. The normalized spacial score (nSPS) is 11.9. The van der Waals surface area contributed by atoms with Gasteiger partial charge in [0.25, 0.3) is 10.0 Å². The number of rotatable bonds is 17. The highest BCUT2D eigenvalue weighted by molar-refractivity contribution is 7.92. The van der Waals surface area contributed by atoms with Crippen LogP contribution in [0.15, 0.2) is 77.7 Å². The smallest absolute Gasteiger partial charge is 0.264 e. The van der Waals surface area contributed by atoms with Gasteiger partial charge < -0.3 is 24.4 Å². The molecule has 0 saturated carbocycles. The van der Waals surface area contributed by atoms with E-state index in [0.29, 0.717) is 37.5 Å². The van der Waals surface area contributed by atoms with Crippen LogP contribution in [0.4, 0.5) is 5.69 Å². The van der Waals surface area contributed by atoms with Crippen LogP contribution < -0.4 is 23.8 Å². The van der Waals surface area contributed by atoms with Crippen molar-refractivity contribution in [2.45, 2.75) is 51.5 Å². The van der Waals surface area contributed by atoms with Crippen molar-refractivity contribution in [1.82, 2.24) is 10.2 Å². The van der Waals surface area contributed by atoms with Gasteiger partial charge in [-0.25, -0.2) is 8.42 Å². The molecule has 45 heavy (non-hydrogen) atoms. The molecular weight excluding hydrogens is 594 g/mol. The third kappa shape index (κ3) is 9.37. The SMILES string of the molecule is CCOc1ccc(N(CC(=O)N(CCc2ccccc2)[C@@H](CC)C(=O)NCC(C)C)S(=O)(=O)c2ccc(OC)c(OC)c2)cc1. The molecule has 0 bridgehead atoms. The Bertz CT molecular complexity index is 1500. The minimum absolute atomic E-state index is 0.0839. The minimum atomic E-state index is -4.30. The van der Waals surface area contributed by atoms with E-state index in [1.807, 2.05) is 58.0 Å². The van der Waals surface area contributed by atoms with Crippen LogP contribution in [-0.2, 0) is 26.0 Å². The molecule has 10 nitrogen and oxygen atoms in total. The van der Waals surface area contributed by atoms with E-state index in [4.69, 9.17) is 14.2 Å². The second-order valence-corrected chi connectivity index (χ2v) is 12.7. The monoisotopic (exact) mass is 639 g/mol. The molecule has 0 radical (unpaired) electrons. The first-order valence-corrected chi connectivity index (χ1v) is 16.6. The molecule has 0 saturated heterocycles. The molecule has 244 valence electrons. The van der Waals surface area contributed by atoms with Crippen molar-refractivity contribution < 1.29 is 32.2 Å². The summed E-state index contributed by atoms with van der Waals surface area (Å²) in [7, 11) is -1.42. The summed E-state index contributed by atoms with van der Waals surface area (Å²) in [6.07, 6.45) is 0.849. The molecule has 0 fully saturated rings. The lowest BCUT2D eigenvalue weighted by molar-refractivity contribution is -0.139. The number of hydrogen-bond donors (Lipinski definition) is 1. The fraction of sp³-hybridized carbons (Fsp3) is 0.412. The molecule has 0 aliphatic carbocycles. The van der Waals surface area contributed by atoms with Gasteiger partial charge in [0.2, 0.25) is 11.8 Å². The molecule has 0 aliphatic heterocycles. The zero-order chi connectivity index (χ0) is 33.0. The van der Waals surface area contributed by atoms with Gasteiger partial charge in [0.1, 0.15) is 18.3 Å². The largest absolute Gasteiger partial charge is 0.494 e.